The quantitative estimate of drug-likeness (QED) is 0.782. The highest BCUT2D eigenvalue weighted by atomic mass is 16.5. The summed E-state index contributed by atoms with van der Waals surface area (Å²) in [6.07, 6.45) is 3.30. The molecule has 0 saturated carbocycles. The first kappa shape index (κ1) is 11.5. The van der Waals surface area contributed by atoms with E-state index in [0.717, 1.165) is 12.2 Å². The second-order valence-electron chi connectivity index (χ2n) is 3.63. The lowest BCUT2D eigenvalue weighted by atomic mass is 10.2. The highest BCUT2D eigenvalue weighted by Crippen LogP contribution is 2.11. The standard InChI is InChI=1S/C11H13N3O3/c1-17-7-3-5-9-12-13-10-8(11(15)16)4-2-6-14(9)10/h2,4,6H,3,5,7H2,1H3,(H,15,16). The van der Waals surface area contributed by atoms with Gasteiger partial charge < -0.3 is 9.84 Å². The number of pyridine rings is 1. The maximum atomic E-state index is 11.0. The summed E-state index contributed by atoms with van der Waals surface area (Å²) in [5.74, 6) is -0.244. The van der Waals surface area contributed by atoms with Crippen LogP contribution in [0.3, 0.4) is 0 Å². The van der Waals surface area contributed by atoms with Gasteiger partial charge in [-0.2, -0.15) is 0 Å². The van der Waals surface area contributed by atoms with Crippen molar-refractivity contribution in [1.82, 2.24) is 14.6 Å². The molecule has 0 amide bonds. The van der Waals surface area contributed by atoms with Gasteiger partial charge in [-0.05, 0) is 18.6 Å². The largest absolute Gasteiger partial charge is 0.478 e. The molecule has 0 saturated heterocycles. The van der Waals surface area contributed by atoms with Gasteiger partial charge in [0.1, 0.15) is 11.4 Å². The van der Waals surface area contributed by atoms with E-state index in [9.17, 15) is 4.79 Å². The predicted molar refractivity (Wildman–Crippen MR) is 60.1 cm³/mol. The Bertz CT molecular complexity index is 536. The summed E-state index contributed by atoms with van der Waals surface area (Å²) >= 11 is 0. The molecular weight excluding hydrogens is 222 g/mol. The molecule has 0 spiro atoms. The third-order valence-corrected chi connectivity index (χ3v) is 2.48. The number of carbonyl (C=O) groups is 1. The SMILES string of the molecule is COCCCc1nnc2c(C(=O)O)cccn12. The molecule has 0 fully saturated rings. The van der Waals surface area contributed by atoms with Crippen LogP contribution in [-0.2, 0) is 11.2 Å². The molecule has 0 aliphatic rings. The Morgan fingerprint density at radius 3 is 3.06 bits per heavy atom. The van der Waals surface area contributed by atoms with Crippen LogP contribution in [0.25, 0.3) is 5.65 Å². The fourth-order valence-electron chi connectivity index (χ4n) is 1.68. The molecule has 0 aliphatic heterocycles. The molecule has 2 rings (SSSR count). The van der Waals surface area contributed by atoms with Crippen molar-refractivity contribution in [3.05, 3.63) is 29.7 Å². The molecule has 2 aromatic rings. The van der Waals surface area contributed by atoms with Gasteiger partial charge in [0.25, 0.3) is 0 Å². The Kier molecular flexibility index (Phi) is 3.34. The molecule has 0 radical (unpaired) electrons. The van der Waals surface area contributed by atoms with Crippen LogP contribution in [0.5, 0.6) is 0 Å². The highest BCUT2D eigenvalue weighted by Gasteiger charge is 2.13. The Labute approximate surface area is 97.9 Å². The average molecular weight is 235 g/mol. The maximum Gasteiger partial charge on any atom is 0.339 e. The van der Waals surface area contributed by atoms with Crippen molar-refractivity contribution >= 4 is 11.6 Å². The van der Waals surface area contributed by atoms with Gasteiger partial charge in [-0.3, -0.25) is 4.40 Å². The molecule has 17 heavy (non-hydrogen) atoms. The third kappa shape index (κ3) is 2.26. The number of rotatable bonds is 5. The van der Waals surface area contributed by atoms with Crippen LogP contribution < -0.4 is 0 Å². The maximum absolute atomic E-state index is 11.0. The first-order valence-corrected chi connectivity index (χ1v) is 5.29. The summed E-state index contributed by atoms with van der Waals surface area (Å²) < 4.78 is 6.67. The Morgan fingerprint density at radius 1 is 1.53 bits per heavy atom. The van der Waals surface area contributed by atoms with Gasteiger partial charge in [-0.1, -0.05) is 0 Å². The van der Waals surface area contributed by atoms with Crippen molar-refractivity contribution in [2.24, 2.45) is 0 Å². The first-order chi connectivity index (χ1) is 8.24. The van der Waals surface area contributed by atoms with Crippen molar-refractivity contribution < 1.29 is 14.6 Å². The fourth-order valence-corrected chi connectivity index (χ4v) is 1.68. The Hall–Kier alpha value is -1.95. The van der Waals surface area contributed by atoms with Gasteiger partial charge >= 0.3 is 5.97 Å². The normalized spacial score (nSPS) is 10.9. The monoisotopic (exact) mass is 235 g/mol. The summed E-state index contributed by atoms with van der Waals surface area (Å²) in [6.45, 7) is 0.646. The molecule has 90 valence electrons. The fraction of sp³-hybridized carbons (Fsp3) is 0.364. The number of hydrogen-bond acceptors (Lipinski definition) is 4. The number of ether oxygens (including phenoxy) is 1. The molecule has 2 aromatic heterocycles. The minimum Gasteiger partial charge on any atom is -0.478 e. The van der Waals surface area contributed by atoms with Gasteiger partial charge in [-0.15, -0.1) is 10.2 Å². The van der Waals surface area contributed by atoms with Gasteiger partial charge in [0.05, 0.1) is 0 Å². The van der Waals surface area contributed by atoms with Crippen LogP contribution in [0.15, 0.2) is 18.3 Å². The van der Waals surface area contributed by atoms with E-state index < -0.39 is 5.97 Å². The summed E-state index contributed by atoms with van der Waals surface area (Å²) in [7, 11) is 1.64. The molecule has 0 atom stereocenters. The minimum absolute atomic E-state index is 0.165. The van der Waals surface area contributed by atoms with Crippen LogP contribution >= 0.6 is 0 Å². The van der Waals surface area contributed by atoms with Crippen molar-refractivity contribution in [3.63, 3.8) is 0 Å². The molecule has 0 unspecified atom stereocenters. The number of carboxylic acids is 1. The average Bonchev–Trinajstić information content (AvgIpc) is 2.72. The lowest BCUT2D eigenvalue weighted by Crippen LogP contribution is -2.02. The molecule has 0 aromatic carbocycles. The smallest absolute Gasteiger partial charge is 0.339 e. The van der Waals surface area contributed by atoms with E-state index in [1.165, 1.54) is 6.07 Å². The number of aryl methyl sites for hydroxylation is 1. The number of carboxylic acid groups (broad SMARTS) is 1. The van der Waals surface area contributed by atoms with Crippen LogP contribution in [0.2, 0.25) is 0 Å². The van der Waals surface area contributed by atoms with E-state index in [2.05, 4.69) is 10.2 Å². The Morgan fingerprint density at radius 2 is 2.35 bits per heavy atom. The number of methoxy groups -OCH3 is 1. The zero-order chi connectivity index (χ0) is 12.3. The molecule has 1 N–H and O–H groups in total. The third-order valence-electron chi connectivity index (χ3n) is 2.48. The molecule has 6 heteroatoms. The van der Waals surface area contributed by atoms with Crippen LogP contribution in [0, 0.1) is 0 Å². The summed E-state index contributed by atoms with van der Waals surface area (Å²) in [6, 6.07) is 3.20. The number of nitrogens with zero attached hydrogens (tertiary/aromatic N) is 3. The van der Waals surface area contributed by atoms with Gasteiger partial charge in [0.15, 0.2) is 5.65 Å². The van der Waals surface area contributed by atoms with E-state index in [-0.39, 0.29) is 5.56 Å². The number of hydrogen-bond donors (Lipinski definition) is 1. The molecule has 0 bridgehead atoms. The summed E-state index contributed by atoms with van der Waals surface area (Å²) in [5, 5.41) is 16.9. The van der Waals surface area contributed by atoms with Crippen molar-refractivity contribution in [2.45, 2.75) is 12.8 Å². The van der Waals surface area contributed by atoms with Gasteiger partial charge in [0.2, 0.25) is 0 Å². The van der Waals surface area contributed by atoms with E-state index in [1.54, 1.807) is 23.8 Å². The van der Waals surface area contributed by atoms with E-state index >= 15 is 0 Å². The Balaban J connectivity index is 2.34. The zero-order valence-electron chi connectivity index (χ0n) is 9.46. The number of aromatic nitrogens is 3. The number of fused-ring (bicyclic) bond motifs is 1. The summed E-state index contributed by atoms with van der Waals surface area (Å²) in [4.78, 5) is 11.0. The first-order valence-electron chi connectivity index (χ1n) is 5.29. The minimum atomic E-state index is -0.994. The molecular formula is C11H13N3O3. The second-order valence-corrected chi connectivity index (χ2v) is 3.63. The van der Waals surface area contributed by atoms with E-state index in [1.807, 2.05) is 0 Å². The second kappa shape index (κ2) is 4.92. The zero-order valence-corrected chi connectivity index (χ0v) is 9.46. The van der Waals surface area contributed by atoms with Gasteiger partial charge in [-0.25, -0.2) is 4.79 Å². The lowest BCUT2D eigenvalue weighted by molar-refractivity contribution is 0.0698. The molecule has 6 nitrogen and oxygen atoms in total. The topological polar surface area (TPSA) is 76.7 Å². The van der Waals surface area contributed by atoms with E-state index in [4.69, 9.17) is 9.84 Å². The van der Waals surface area contributed by atoms with Crippen molar-refractivity contribution in [1.29, 1.82) is 0 Å². The number of aromatic carboxylic acids is 1. The van der Waals surface area contributed by atoms with Crippen LogP contribution in [0.4, 0.5) is 0 Å². The summed E-state index contributed by atoms with van der Waals surface area (Å²) in [5.41, 5.74) is 0.547. The van der Waals surface area contributed by atoms with Crippen LogP contribution in [0.1, 0.15) is 22.6 Å². The predicted octanol–water partition coefficient (Wildman–Crippen LogP) is 1.01. The van der Waals surface area contributed by atoms with Crippen LogP contribution in [-0.4, -0.2) is 39.4 Å². The van der Waals surface area contributed by atoms with Crippen molar-refractivity contribution in [2.75, 3.05) is 13.7 Å². The van der Waals surface area contributed by atoms with Gasteiger partial charge in [0, 0.05) is 26.3 Å². The molecule has 2 heterocycles. The van der Waals surface area contributed by atoms with Crippen molar-refractivity contribution in [3.8, 4) is 0 Å². The lowest BCUT2D eigenvalue weighted by Gasteiger charge is -2.00. The molecule has 0 aliphatic carbocycles. The highest BCUT2D eigenvalue weighted by molar-refractivity contribution is 5.94. The van der Waals surface area contributed by atoms with E-state index in [0.29, 0.717) is 18.7 Å².